The standard InChI is InChI=1S/C13H22N4O/c1-2-3-5-12-18-13-6-4-7-14-8-10-17-11-9-15-16-17/h9,11,14H,4-8,10,12-13H2,1H3. The quantitative estimate of drug-likeness (QED) is 0.499. The molecule has 1 aromatic heterocycles. The van der Waals surface area contributed by atoms with E-state index in [1.165, 1.54) is 0 Å². The van der Waals surface area contributed by atoms with Crippen LogP contribution in [0.4, 0.5) is 0 Å². The fraction of sp³-hybridized carbons (Fsp3) is 0.692. The second-order valence-corrected chi connectivity index (χ2v) is 3.91. The zero-order chi connectivity index (χ0) is 12.9. The van der Waals surface area contributed by atoms with Crippen LogP contribution < -0.4 is 5.32 Å². The molecule has 5 nitrogen and oxygen atoms in total. The highest BCUT2D eigenvalue weighted by molar-refractivity contribution is 4.94. The fourth-order valence-electron chi connectivity index (χ4n) is 1.47. The van der Waals surface area contributed by atoms with Crippen molar-refractivity contribution in [2.75, 3.05) is 26.3 Å². The molecule has 0 bridgehead atoms. The van der Waals surface area contributed by atoms with Gasteiger partial charge < -0.3 is 10.1 Å². The third-order valence-corrected chi connectivity index (χ3v) is 2.43. The predicted octanol–water partition coefficient (Wildman–Crippen LogP) is 1.08. The summed E-state index contributed by atoms with van der Waals surface area (Å²) in [5.74, 6) is 5.83. The van der Waals surface area contributed by atoms with Gasteiger partial charge in [0.15, 0.2) is 0 Å². The molecule has 1 heterocycles. The summed E-state index contributed by atoms with van der Waals surface area (Å²) >= 11 is 0. The highest BCUT2D eigenvalue weighted by Crippen LogP contribution is 1.90. The second kappa shape index (κ2) is 10.8. The van der Waals surface area contributed by atoms with Crippen LogP contribution in [-0.4, -0.2) is 41.3 Å². The monoisotopic (exact) mass is 250 g/mol. The van der Waals surface area contributed by atoms with E-state index in [-0.39, 0.29) is 0 Å². The first-order valence-electron chi connectivity index (χ1n) is 6.45. The number of aromatic nitrogens is 3. The van der Waals surface area contributed by atoms with Crippen molar-refractivity contribution < 1.29 is 4.74 Å². The van der Waals surface area contributed by atoms with Gasteiger partial charge in [-0.15, -0.1) is 16.9 Å². The van der Waals surface area contributed by atoms with Gasteiger partial charge in [0.1, 0.15) is 0 Å². The Morgan fingerprint density at radius 1 is 1.28 bits per heavy atom. The van der Waals surface area contributed by atoms with Crippen LogP contribution in [0.2, 0.25) is 0 Å². The van der Waals surface area contributed by atoms with Crippen molar-refractivity contribution in [1.82, 2.24) is 20.3 Å². The van der Waals surface area contributed by atoms with Crippen molar-refractivity contribution in [3.8, 4) is 11.8 Å². The first-order chi connectivity index (χ1) is 8.93. The molecule has 1 rings (SSSR count). The van der Waals surface area contributed by atoms with Gasteiger partial charge in [-0.3, -0.25) is 4.68 Å². The van der Waals surface area contributed by atoms with Crippen LogP contribution in [0, 0.1) is 11.8 Å². The predicted molar refractivity (Wildman–Crippen MR) is 71.0 cm³/mol. The Morgan fingerprint density at radius 2 is 2.22 bits per heavy atom. The van der Waals surface area contributed by atoms with Gasteiger partial charge in [0.25, 0.3) is 0 Å². The summed E-state index contributed by atoms with van der Waals surface area (Å²) in [4.78, 5) is 0. The van der Waals surface area contributed by atoms with Gasteiger partial charge >= 0.3 is 0 Å². The number of nitrogens with zero attached hydrogens (tertiary/aromatic N) is 3. The number of nitrogens with one attached hydrogen (secondary N) is 1. The number of rotatable bonds is 10. The van der Waals surface area contributed by atoms with Crippen molar-refractivity contribution in [3.05, 3.63) is 12.4 Å². The van der Waals surface area contributed by atoms with E-state index in [1.54, 1.807) is 6.20 Å². The Kier molecular flexibility index (Phi) is 8.77. The van der Waals surface area contributed by atoms with E-state index in [4.69, 9.17) is 4.74 Å². The maximum Gasteiger partial charge on any atom is 0.0692 e. The molecule has 0 fully saturated rings. The average molecular weight is 250 g/mol. The highest BCUT2D eigenvalue weighted by Gasteiger charge is 1.92. The van der Waals surface area contributed by atoms with Gasteiger partial charge in [-0.1, -0.05) is 5.21 Å². The second-order valence-electron chi connectivity index (χ2n) is 3.91. The van der Waals surface area contributed by atoms with Gasteiger partial charge in [-0.05, 0) is 26.3 Å². The molecule has 0 radical (unpaired) electrons. The van der Waals surface area contributed by atoms with Gasteiger partial charge in [-0.2, -0.15) is 0 Å². The van der Waals surface area contributed by atoms with Gasteiger partial charge in [0.05, 0.1) is 19.3 Å². The molecule has 0 saturated heterocycles. The van der Waals surface area contributed by atoms with Crippen LogP contribution in [0.15, 0.2) is 12.4 Å². The summed E-state index contributed by atoms with van der Waals surface area (Å²) in [6.45, 7) is 6.25. The van der Waals surface area contributed by atoms with Crippen LogP contribution in [0.25, 0.3) is 0 Å². The lowest BCUT2D eigenvalue weighted by molar-refractivity contribution is 0.136. The van der Waals surface area contributed by atoms with Crippen molar-refractivity contribution >= 4 is 0 Å². The number of hydrogen-bond acceptors (Lipinski definition) is 4. The van der Waals surface area contributed by atoms with Crippen LogP contribution in [0.5, 0.6) is 0 Å². The largest absolute Gasteiger partial charge is 0.380 e. The molecule has 0 unspecified atom stereocenters. The first-order valence-corrected chi connectivity index (χ1v) is 6.45. The maximum absolute atomic E-state index is 5.45. The van der Waals surface area contributed by atoms with Crippen molar-refractivity contribution in [1.29, 1.82) is 0 Å². The number of hydrogen-bond donors (Lipinski definition) is 1. The molecule has 1 N–H and O–H groups in total. The topological polar surface area (TPSA) is 52.0 Å². The molecule has 0 spiro atoms. The zero-order valence-electron chi connectivity index (χ0n) is 11.1. The van der Waals surface area contributed by atoms with Gasteiger partial charge in [0.2, 0.25) is 0 Å². The Balaban J connectivity index is 1.77. The molecule has 0 amide bonds. The van der Waals surface area contributed by atoms with E-state index in [1.807, 2.05) is 17.8 Å². The molecule has 0 saturated carbocycles. The van der Waals surface area contributed by atoms with Crippen molar-refractivity contribution in [2.45, 2.75) is 32.7 Å². The van der Waals surface area contributed by atoms with E-state index in [0.29, 0.717) is 0 Å². The molecular formula is C13H22N4O. The van der Waals surface area contributed by atoms with E-state index in [9.17, 15) is 0 Å². The highest BCUT2D eigenvalue weighted by atomic mass is 16.5. The Labute approximate surface area is 109 Å². The van der Waals surface area contributed by atoms with E-state index >= 15 is 0 Å². The Morgan fingerprint density at radius 3 is 3.00 bits per heavy atom. The van der Waals surface area contributed by atoms with Gasteiger partial charge in [-0.25, -0.2) is 0 Å². The summed E-state index contributed by atoms with van der Waals surface area (Å²) in [6.07, 6.45) is 6.63. The average Bonchev–Trinajstić information content (AvgIpc) is 2.89. The molecule has 1 aromatic rings. The molecule has 5 heteroatoms. The van der Waals surface area contributed by atoms with Crippen LogP contribution in [-0.2, 0) is 11.3 Å². The SMILES string of the molecule is CC#CCCOCCCCNCCn1ccnn1. The van der Waals surface area contributed by atoms with Crippen LogP contribution in [0.1, 0.15) is 26.2 Å². The summed E-state index contributed by atoms with van der Waals surface area (Å²) in [5.41, 5.74) is 0. The molecule has 0 aromatic carbocycles. The number of ether oxygens (including phenoxy) is 1. The third kappa shape index (κ3) is 7.82. The molecule has 100 valence electrons. The minimum atomic E-state index is 0.751. The maximum atomic E-state index is 5.45. The fourth-order valence-corrected chi connectivity index (χ4v) is 1.47. The first kappa shape index (κ1) is 14.7. The Bertz CT molecular complexity index is 340. The normalized spacial score (nSPS) is 10.1. The summed E-state index contributed by atoms with van der Waals surface area (Å²) < 4.78 is 7.27. The van der Waals surface area contributed by atoms with Crippen LogP contribution >= 0.6 is 0 Å². The van der Waals surface area contributed by atoms with E-state index in [2.05, 4.69) is 27.5 Å². The van der Waals surface area contributed by atoms with Crippen molar-refractivity contribution in [2.24, 2.45) is 0 Å². The Hall–Kier alpha value is -1.38. The molecular weight excluding hydrogens is 228 g/mol. The summed E-state index contributed by atoms with van der Waals surface area (Å²) in [6, 6.07) is 0. The molecule has 0 aliphatic rings. The number of unbranched alkanes of at least 4 members (excludes halogenated alkanes) is 1. The smallest absolute Gasteiger partial charge is 0.0692 e. The molecule has 0 atom stereocenters. The summed E-state index contributed by atoms with van der Waals surface area (Å²) in [7, 11) is 0. The molecule has 0 aliphatic carbocycles. The third-order valence-electron chi connectivity index (χ3n) is 2.43. The molecule has 0 aliphatic heterocycles. The van der Waals surface area contributed by atoms with E-state index in [0.717, 1.165) is 52.1 Å². The van der Waals surface area contributed by atoms with Crippen molar-refractivity contribution in [3.63, 3.8) is 0 Å². The minimum Gasteiger partial charge on any atom is -0.380 e. The zero-order valence-corrected chi connectivity index (χ0v) is 11.1. The lowest BCUT2D eigenvalue weighted by Crippen LogP contribution is -2.21. The molecule has 18 heavy (non-hydrogen) atoms. The van der Waals surface area contributed by atoms with E-state index < -0.39 is 0 Å². The lowest BCUT2D eigenvalue weighted by Gasteiger charge is -2.05. The summed E-state index contributed by atoms with van der Waals surface area (Å²) in [5, 5.41) is 11.0. The van der Waals surface area contributed by atoms with Crippen LogP contribution in [0.3, 0.4) is 0 Å². The lowest BCUT2D eigenvalue weighted by atomic mass is 10.3. The van der Waals surface area contributed by atoms with Gasteiger partial charge in [0, 0.05) is 25.8 Å². The minimum absolute atomic E-state index is 0.751.